The summed E-state index contributed by atoms with van der Waals surface area (Å²) < 4.78 is 18.3. The summed E-state index contributed by atoms with van der Waals surface area (Å²) in [5.41, 5.74) is 1.87. The van der Waals surface area contributed by atoms with E-state index in [0.29, 0.717) is 46.2 Å². The molecule has 0 radical (unpaired) electrons. The third-order valence-corrected chi connectivity index (χ3v) is 7.20. The maximum Gasteiger partial charge on any atom is 0.297 e. The van der Waals surface area contributed by atoms with Crippen LogP contribution in [0, 0.1) is 0 Å². The van der Waals surface area contributed by atoms with Crippen LogP contribution >= 0.6 is 11.3 Å². The Morgan fingerprint density at radius 1 is 1.05 bits per heavy atom. The maximum atomic E-state index is 13.9. The van der Waals surface area contributed by atoms with Crippen molar-refractivity contribution >= 4 is 43.6 Å². The van der Waals surface area contributed by atoms with Gasteiger partial charge in [0.05, 0.1) is 33.8 Å². The predicted molar refractivity (Wildman–Crippen MR) is 144 cm³/mol. The second kappa shape index (κ2) is 9.22. The summed E-state index contributed by atoms with van der Waals surface area (Å²) in [7, 11) is 0. The first-order valence-corrected chi connectivity index (χ1v) is 12.7. The highest BCUT2D eigenvalue weighted by Crippen LogP contribution is 2.44. The molecule has 3 heterocycles. The molecule has 8 heteroatoms. The van der Waals surface area contributed by atoms with E-state index in [-0.39, 0.29) is 11.2 Å². The minimum Gasteiger partial charge on any atom is -0.494 e. The molecule has 5 aromatic rings. The van der Waals surface area contributed by atoms with E-state index in [0.717, 1.165) is 16.0 Å². The van der Waals surface area contributed by atoms with Gasteiger partial charge in [-0.2, -0.15) is 0 Å². The quantitative estimate of drug-likeness (QED) is 0.246. The highest BCUT2D eigenvalue weighted by molar-refractivity contribution is 7.22. The van der Waals surface area contributed by atoms with Gasteiger partial charge in [-0.3, -0.25) is 14.5 Å². The molecule has 0 spiro atoms. The highest BCUT2D eigenvalue weighted by Gasteiger charge is 2.45. The topological polar surface area (TPSA) is 81.9 Å². The lowest BCUT2D eigenvalue weighted by Crippen LogP contribution is -2.29. The van der Waals surface area contributed by atoms with Gasteiger partial charge in [-0.15, -0.1) is 0 Å². The van der Waals surface area contributed by atoms with Gasteiger partial charge in [0.15, 0.2) is 10.6 Å². The van der Waals surface area contributed by atoms with Gasteiger partial charge in [0.2, 0.25) is 5.76 Å². The fraction of sp³-hybridized carbons (Fsp3) is 0.138. The molecular weight excluding hydrogens is 488 g/mol. The Labute approximate surface area is 216 Å². The number of ether oxygens (including phenoxy) is 2. The van der Waals surface area contributed by atoms with Gasteiger partial charge in [-0.05, 0) is 55.0 Å². The molecule has 0 N–H and O–H groups in total. The number of amides is 1. The molecule has 0 saturated carbocycles. The standard InChI is InChI=1S/C29H22N2O5S/c1-3-14-35-18-9-7-8-17(15-18)25-24-26(32)20-10-5-6-11-22(20)36-27(24)28(33)31(25)29-30-21-13-12-19(34-4-2)16-23(21)37-29/h3,5-13,15-16,25H,1,4,14H2,2H3/t25-/m1/s1. The number of aromatic nitrogens is 1. The number of hydrogen-bond donors (Lipinski definition) is 0. The number of carbonyl (C=O) groups excluding carboxylic acids is 1. The summed E-state index contributed by atoms with van der Waals surface area (Å²) >= 11 is 1.36. The van der Waals surface area contributed by atoms with Crippen LogP contribution in [0.5, 0.6) is 11.5 Å². The van der Waals surface area contributed by atoms with Crippen LogP contribution in [-0.2, 0) is 0 Å². The minimum absolute atomic E-state index is 0.0281. The van der Waals surface area contributed by atoms with E-state index in [9.17, 15) is 9.59 Å². The van der Waals surface area contributed by atoms with Crippen molar-refractivity contribution in [2.75, 3.05) is 18.1 Å². The molecule has 3 aromatic carbocycles. The number of anilines is 1. The first-order valence-electron chi connectivity index (χ1n) is 11.9. The van der Waals surface area contributed by atoms with Gasteiger partial charge in [0.25, 0.3) is 5.91 Å². The van der Waals surface area contributed by atoms with Gasteiger partial charge in [-0.25, -0.2) is 4.98 Å². The predicted octanol–water partition coefficient (Wildman–Crippen LogP) is 6.12. The summed E-state index contributed by atoms with van der Waals surface area (Å²) in [4.78, 5) is 33.9. The average molecular weight is 511 g/mol. The Morgan fingerprint density at radius 3 is 2.73 bits per heavy atom. The molecule has 37 heavy (non-hydrogen) atoms. The Balaban J connectivity index is 1.56. The lowest BCUT2D eigenvalue weighted by atomic mass is 9.98. The third-order valence-electron chi connectivity index (χ3n) is 6.19. The monoisotopic (exact) mass is 510 g/mol. The summed E-state index contributed by atoms with van der Waals surface area (Å²) in [5, 5.41) is 0.886. The lowest BCUT2D eigenvalue weighted by Gasteiger charge is -2.23. The van der Waals surface area contributed by atoms with Crippen LogP contribution in [0.2, 0.25) is 0 Å². The van der Waals surface area contributed by atoms with Crippen molar-refractivity contribution in [3.05, 3.63) is 106 Å². The van der Waals surface area contributed by atoms with Crippen molar-refractivity contribution in [3.63, 3.8) is 0 Å². The maximum absolute atomic E-state index is 13.9. The number of thiazole rings is 1. The Morgan fingerprint density at radius 2 is 1.89 bits per heavy atom. The van der Waals surface area contributed by atoms with Gasteiger partial charge in [-0.1, -0.05) is 48.3 Å². The van der Waals surface area contributed by atoms with Crippen LogP contribution in [-0.4, -0.2) is 24.1 Å². The molecule has 2 aromatic heterocycles. The van der Waals surface area contributed by atoms with E-state index >= 15 is 0 Å². The molecule has 0 bridgehead atoms. The Bertz CT molecular complexity index is 1740. The molecule has 0 saturated heterocycles. The van der Waals surface area contributed by atoms with Crippen molar-refractivity contribution in [1.82, 2.24) is 4.98 Å². The second-order valence-electron chi connectivity index (χ2n) is 8.48. The van der Waals surface area contributed by atoms with E-state index in [1.54, 1.807) is 35.2 Å². The second-order valence-corrected chi connectivity index (χ2v) is 9.49. The smallest absolute Gasteiger partial charge is 0.297 e. The van der Waals surface area contributed by atoms with Gasteiger partial charge >= 0.3 is 0 Å². The number of para-hydroxylation sites is 1. The lowest BCUT2D eigenvalue weighted by molar-refractivity contribution is 0.0971. The molecule has 6 rings (SSSR count). The molecule has 0 aliphatic carbocycles. The fourth-order valence-electron chi connectivity index (χ4n) is 4.61. The summed E-state index contributed by atoms with van der Waals surface area (Å²) in [5.74, 6) is 0.951. The number of hydrogen-bond acceptors (Lipinski definition) is 7. The molecule has 1 aliphatic heterocycles. The van der Waals surface area contributed by atoms with Crippen molar-refractivity contribution in [1.29, 1.82) is 0 Å². The van der Waals surface area contributed by atoms with Crippen molar-refractivity contribution in [2.24, 2.45) is 0 Å². The molecular formula is C29H22N2O5S. The SMILES string of the molecule is C=CCOc1cccc([C@@H]2c3c(oc4ccccc4c3=O)C(=O)N2c2nc3ccc(OCC)cc3s2)c1. The molecule has 1 atom stereocenters. The van der Waals surface area contributed by atoms with E-state index < -0.39 is 11.9 Å². The first-order chi connectivity index (χ1) is 18.1. The van der Waals surface area contributed by atoms with Crippen molar-refractivity contribution < 1.29 is 18.7 Å². The number of nitrogens with zero attached hydrogens (tertiary/aromatic N) is 2. The zero-order valence-electron chi connectivity index (χ0n) is 20.0. The van der Waals surface area contributed by atoms with E-state index in [2.05, 4.69) is 6.58 Å². The Kier molecular flexibility index (Phi) is 5.73. The zero-order chi connectivity index (χ0) is 25.5. The van der Waals surface area contributed by atoms with Crippen molar-refractivity contribution in [3.8, 4) is 11.5 Å². The van der Waals surface area contributed by atoms with Crippen molar-refractivity contribution in [2.45, 2.75) is 13.0 Å². The van der Waals surface area contributed by atoms with Crippen LogP contribution < -0.4 is 19.8 Å². The summed E-state index contributed by atoms with van der Waals surface area (Å²) in [6.07, 6.45) is 1.66. The molecule has 0 unspecified atom stereocenters. The highest BCUT2D eigenvalue weighted by atomic mass is 32.1. The summed E-state index contributed by atoms with van der Waals surface area (Å²) in [6, 6.07) is 19.2. The largest absolute Gasteiger partial charge is 0.494 e. The van der Waals surface area contributed by atoms with E-state index in [1.165, 1.54) is 11.3 Å². The van der Waals surface area contributed by atoms with E-state index in [1.807, 2.05) is 49.4 Å². The fourth-order valence-corrected chi connectivity index (χ4v) is 5.63. The molecule has 1 amide bonds. The number of rotatable bonds is 7. The number of fused-ring (bicyclic) bond motifs is 3. The van der Waals surface area contributed by atoms with Gasteiger partial charge < -0.3 is 13.9 Å². The third kappa shape index (κ3) is 3.86. The zero-order valence-corrected chi connectivity index (χ0v) is 20.8. The minimum atomic E-state index is -0.734. The van der Waals surface area contributed by atoms with Crippen LogP contribution in [0.4, 0.5) is 5.13 Å². The van der Waals surface area contributed by atoms with Gasteiger partial charge in [0.1, 0.15) is 23.7 Å². The Hall–Kier alpha value is -4.43. The van der Waals surface area contributed by atoms with E-state index in [4.69, 9.17) is 18.9 Å². The van der Waals surface area contributed by atoms with Crippen LogP contribution in [0.3, 0.4) is 0 Å². The van der Waals surface area contributed by atoms with Gasteiger partial charge in [0, 0.05) is 0 Å². The normalized spacial score (nSPS) is 14.8. The molecule has 7 nitrogen and oxygen atoms in total. The molecule has 184 valence electrons. The first kappa shape index (κ1) is 23.0. The van der Waals surface area contributed by atoms with Crippen LogP contribution in [0.25, 0.3) is 21.2 Å². The average Bonchev–Trinajstić information content (AvgIpc) is 3.46. The molecule has 0 fully saturated rings. The van der Waals surface area contributed by atoms with Crippen LogP contribution in [0.1, 0.15) is 34.6 Å². The summed E-state index contributed by atoms with van der Waals surface area (Å²) in [6.45, 7) is 6.50. The number of benzene rings is 3. The number of carbonyl (C=O) groups is 1. The molecule has 1 aliphatic rings. The van der Waals surface area contributed by atoms with Crippen LogP contribution in [0.15, 0.2) is 88.6 Å².